The first-order valence-corrected chi connectivity index (χ1v) is 5.12. The Morgan fingerprint density at radius 3 is 2.61 bits per heavy atom. The maximum atomic E-state index is 12.7. The highest BCUT2D eigenvalue weighted by atomic mass is 19.4. The third-order valence-corrected chi connectivity index (χ3v) is 2.22. The van der Waals surface area contributed by atoms with Gasteiger partial charge in [0, 0.05) is 13.6 Å². The zero-order valence-corrected chi connectivity index (χ0v) is 9.67. The standard InChI is InChI=1S/C11H13F3N2O2/c1-16-10(17)6-18-9-3-2-7(5-15)4-8(9)11(12,13)14/h2-4H,5-6,15H2,1H3,(H,16,17). The van der Waals surface area contributed by atoms with Crippen LogP contribution in [0.2, 0.25) is 0 Å². The molecule has 7 heteroatoms. The fraction of sp³-hybridized carbons (Fsp3) is 0.364. The Morgan fingerprint density at radius 1 is 1.44 bits per heavy atom. The number of rotatable bonds is 4. The van der Waals surface area contributed by atoms with Crippen LogP contribution in [0.1, 0.15) is 11.1 Å². The van der Waals surface area contributed by atoms with Crippen molar-refractivity contribution < 1.29 is 22.7 Å². The van der Waals surface area contributed by atoms with Gasteiger partial charge in [-0.2, -0.15) is 13.2 Å². The smallest absolute Gasteiger partial charge is 0.419 e. The first kappa shape index (κ1) is 14.3. The molecule has 0 aliphatic rings. The zero-order chi connectivity index (χ0) is 13.8. The number of hydrogen-bond acceptors (Lipinski definition) is 3. The summed E-state index contributed by atoms with van der Waals surface area (Å²) in [4.78, 5) is 10.9. The SMILES string of the molecule is CNC(=O)COc1ccc(CN)cc1C(F)(F)F. The van der Waals surface area contributed by atoms with E-state index in [1.54, 1.807) is 0 Å². The molecule has 0 aliphatic carbocycles. The number of nitrogens with two attached hydrogens (primary N) is 1. The number of benzene rings is 1. The summed E-state index contributed by atoms with van der Waals surface area (Å²) in [6.45, 7) is -0.472. The fourth-order valence-corrected chi connectivity index (χ4v) is 1.27. The lowest BCUT2D eigenvalue weighted by molar-refractivity contribution is -0.139. The largest absolute Gasteiger partial charge is 0.483 e. The summed E-state index contributed by atoms with van der Waals surface area (Å²) >= 11 is 0. The third kappa shape index (κ3) is 3.63. The van der Waals surface area contributed by atoms with Crippen LogP contribution in [0, 0.1) is 0 Å². The van der Waals surface area contributed by atoms with Crippen LogP contribution in [0.3, 0.4) is 0 Å². The summed E-state index contributed by atoms with van der Waals surface area (Å²) in [6, 6.07) is 3.50. The summed E-state index contributed by atoms with van der Waals surface area (Å²) in [7, 11) is 1.37. The van der Waals surface area contributed by atoms with Gasteiger partial charge in [-0.1, -0.05) is 6.07 Å². The minimum atomic E-state index is -4.55. The van der Waals surface area contributed by atoms with Gasteiger partial charge in [0.15, 0.2) is 6.61 Å². The summed E-state index contributed by atoms with van der Waals surface area (Å²) in [5.41, 5.74) is 4.69. The number of carbonyl (C=O) groups is 1. The summed E-state index contributed by atoms with van der Waals surface area (Å²) in [5, 5.41) is 2.25. The van der Waals surface area contributed by atoms with Gasteiger partial charge in [-0.25, -0.2) is 0 Å². The van der Waals surface area contributed by atoms with E-state index in [4.69, 9.17) is 10.5 Å². The van der Waals surface area contributed by atoms with Crippen molar-refractivity contribution in [2.45, 2.75) is 12.7 Å². The number of ether oxygens (including phenoxy) is 1. The van der Waals surface area contributed by atoms with Crippen LogP contribution in [0.4, 0.5) is 13.2 Å². The van der Waals surface area contributed by atoms with E-state index >= 15 is 0 Å². The van der Waals surface area contributed by atoms with Crippen LogP contribution in [0.5, 0.6) is 5.75 Å². The normalized spacial score (nSPS) is 11.2. The van der Waals surface area contributed by atoms with E-state index in [0.717, 1.165) is 12.1 Å². The molecular weight excluding hydrogens is 249 g/mol. The van der Waals surface area contributed by atoms with Gasteiger partial charge in [-0.05, 0) is 17.7 Å². The summed E-state index contributed by atoms with van der Waals surface area (Å²) in [6.07, 6.45) is -4.55. The van der Waals surface area contributed by atoms with E-state index in [0.29, 0.717) is 5.56 Å². The molecule has 0 radical (unpaired) electrons. The topological polar surface area (TPSA) is 64.3 Å². The van der Waals surface area contributed by atoms with E-state index < -0.39 is 24.3 Å². The first-order valence-electron chi connectivity index (χ1n) is 5.12. The van der Waals surface area contributed by atoms with Crippen LogP contribution in [0.15, 0.2) is 18.2 Å². The average Bonchev–Trinajstić information content (AvgIpc) is 2.34. The van der Waals surface area contributed by atoms with E-state index in [2.05, 4.69) is 5.32 Å². The minimum absolute atomic E-state index is 0.00118. The maximum Gasteiger partial charge on any atom is 0.419 e. The number of amides is 1. The zero-order valence-electron chi connectivity index (χ0n) is 9.67. The molecule has 0 fully saturated rings. The van der Waals surface area contributed by atoms with Gasteiger partial charge in [0.2, 0.25) is 0 Å². The lowest BCUT2D eigenvalue weighted by atomic mass is 10.1. The number of carbonyl (C=O) groups excluding carboxylic acids is 1. The second-order valence-corrected chi connectivity index (χ2v) is 3.49. The van der Waals surface area contributed by atoms with Crippen LogP contribution < -0.4 is 15.8 Å². The molecule has 1 rings (SSSR count). The second-order valence-electron chi connectivity index (χ2n) is 3.49. The van der Waals surface area contributed by atoms with E-state index in [-0.39, 0.29) is 12.3 Å². The average molecular weight is 262 g/mol. The summed E-state index contributed by atoms with van der Waals surface area (Å²) < 4.78 is 43.1. The molecule has 0 heterocycles. The first-order chi connectivity index (χ1) is 8.38. The van der Waals surface area contributed by atoms with Crippen molar-refractivity contribution in [2.75, 3.05) is 13.7 Å². The molecule has 100 valence electrons. The second kappa shape index (κ2) is 5.72. The fourth-order valence-electron chi connectivity index (χ4n) is 1.27. The van der Waals surface area contributed by atoms with Crippen molar-refractivity contribution in [1.82, 2.24) is 5.32 Å². The summed E-state index contributed by atoms with van der Waals surface area (Å²) in [5.74, 6) is -0.894. The van der Waals surface area contributed by atoms with Crippen molar-refractivity contribution in [3.63, 3.8) is 0 Å². The Labute approximate surface area is 102 Å². The molecule has 0 saturated carbocycles. The lowest BCUT2D eigenvalue weighted by Crippen LogP contribution is -2.25. The quantitative estimate of drug-likeness (QED) is 0.859. The molecule has 0 unspecified atom stereocenters. The van der Waals surface area contributed by atoms with Crippen molar-refractivity contribution in [2.24, 2.45) is 5.73 Å². The van der Waals surface area contributed by atoms with Crippen molar-refractivity contribution in [3.8, 4) is 5.75 Å². The molecule has 4 nitrogen and oxygen atoms in total. The van der Waals surface area contributed by atoms with Gasteiger partial charge in [-0.15, -0.1) is 0 Å². The Morgan fingerprint density at radius 2 is 2.11 bits per heavy atom. The molecule has 0 bridgehead atoms. The molecule has 0 atom stereocenters. The van der Waals surface area contributed by atoms with Crippen LogP contribution >= 0.6 is 0 Å². The van der Waals surface area contributed by atoms with Gasteiger partial charge < -0.3 is 15.8 Å². The van der Waals surface area contributed by atoms with E-state index in [1.165, 1.54) is 13.1 Å². The Bertz CT molecular complexity index is 433. The molecule has 1 amide bonds. The monoisotopic (exact) mass is 262 g/mol. The Kier molecular flexibility index (Phi) is 4.55. The van der Waals surface area contributed by atoms with Crippen molar-refractivity contribution >= 4 is 5.91 Å². The highest BCUT2D eigenvalue weighted by Gasteiger charge is 2.34. The predicted octanol–water partition coefficient (Wildman–Crippen LogP) is 1.29. The Hall–Kier alpha value is -1.76. The van der Waals surface area contributed by atoms with E-state index in [9.17, 15) is 18.0 Å². The van der Waals surface area contributed by atoms with Gasteiger partial charge in [0.25, 0.3) is 5.91 Å². The number of alkyl halides is 3. The molecule has 1 aromatic carbocycles. The maximum absolute atomic E-state index is 12.7. The van der Waals surface area contributed by atoms with Crippen molar-refractivity contribution in [3.05, 3.63) is 29.3 Å². The number of halogens is 3. The number of hydrogen-bond donors (Lipinski definition) is 2. The molecule has 0 aromatic heterocycles. The lowest BCUT2D eigenvalue weighted by Gasteiger charge is -2.14. The molecule has 3 N–H and O–H groups in total. The highest BCUT2D eigenvalue weighted by Crippen LogP contribution is 2.36. The molecule has 0 saturated heterocycles. The number of likely N-dealkylation sites (N-methyl/N-ethyl adjacent to an activating group) is 1. The van der Waals surface area contributed by atoms with E-state index in [1.807, 2.05) is 0 Å². The van der Waals surface area contributed by atoms with Gasteiger partial charge in [0.05, 0.1) is 5.56 Å². The van der Waals surface area contributed by atoms with Gasteiger partial charge in [-0.3, -0.25) is 4.79 Å². The molecule has 18 heavy (non-hydrogen) atoms. The van der Waals surface area contributed by atoms with Crippen molar-refractivity contribution in [1.29, 1.82) is 0 Å². The molecule has 0 aliphatic heterocycles. The van der Waals surface area contributed by atoms with Gasteiger partial charge >= 0.3 is 6.18 Å². The Balaban J connectivity index is 2.99. The number of nitrogens with one attached hydrogen (secondary N) is 1. The van der Waals surface area contributed by atoms with Crippen LogP contribution in [0.25, 0.3) is 0 Å². The van der Waals surface area contributed by atoms with Gasteiger partial charge in [0.1, 0.15) is 5.75 Å². The minimum Gasteiger partial charge on any atom is -0.483 e. The highest BCUT2D eigenvalue weighted by molar-refractivity contribution is 5.77. The van der Waals surface area contributed by atoms with Crippen LogP contribution in [-0.2, 0) is 17.5 Å². The third-order valence-electron chi connectivity index (χ3n) is 2.22. The molecular formula is C11H13F3N2O2. The molecule has 0 spiro atoms. The predicted molar refractivity (Wildman–Crippen MR) is 58.9 cm³/mol. The van der Waals surface area contributed by atoms with Crippen LogP contribution in [-0.4, -0.2) is 19.6 Å². The molecule has 1 aromatic rings.